The number of likely N-dealkylation sites (N-methyl/N-ethyl adjacent to an activating group) is 1. The van der Waals surface area contributed by atoms with E-state index >= 15 is 0 Å². The number of hydrogen-bond acceptors (Lipinski definition) is 5. The number of carbonyl (C=O) groups excluding carboxylic acids is 3. The van der Waals surface area contributed by atoms with Gasteiger partial charge < -0.3 is 15.0 Å². The molecule has 0 aliphatic carbocycles. The molecule has 0 radical (unpaired) electrons. The number of carbonyl (C=O) groups is 3. The Bertz CT molecular complexity index is 874. The fourth-order valence-corrected chi connectivity index (χ4v) is 4.19. The van der Waals surface area contributed by atoms with E-state index in [0.717, 1.165) is 11.1 Å². The molecule has 0 bridgehead atoms. The van der Waals surface area contributed by atoms with Crippen LogP contribution in [0.5, 0.6) is 0 Å². The number of ether oxygens (including phenoxy) is 1. The molecule has 31 heavy (non-hydrogen) atoms. The van der Waals surface area contributed by atoms with Crippen LogP contribution in [0.3, 0.4) is 0 Å². The third kappa shape index (κ3) is 5.07. The molecular weight excluding hydrogens is 396 g/mol. The summed E-state index contributed by atoms with van der Waals surface area (Å²) >= 11 is 0. The van der Waals surface area contributed by atoms with E-state index < -0.39 is 12.0 Å². The summed E-state index contributed by atoms with van der Waals surface area (Å²) in [5, 5.41) is 3.00. The van der Waals surface area contributed by atoms with Crippen LogP contribution in [0.15, 0.2) is 35.5 Å². The van der Waals surface area contributed by atoms with Crippen molar-refractivity contribution < 1.29 is 19.1 Å². The average Bonchev–Trinajstić information content (AvgIpc) is 2.74. The zero-order valence-corrected chi connectivity index (χ0v) is 18.8. The first kappa shape index (κ1) is 22.8. The average molecular weight is 429 g/mol. The predicted octanol–water partition coefficient (Wildman–Crippen LogP) is 2.06. The maximum atomic E-state index is 13.1. The number of hydrogen-bond donors (Lipinski definition) is 1. The number of nitrogens with zero attached hydrogens (tertiary/aromatic N) is 3. The van der Waals surface area contributed by atoms with Crippen molar-refractivity contribution in [2.75, 3.05) is 45.9 Å². The molecule has 1 aromatic carbocycles. The second-order valence-corrected chi connectivity index (χ2v) is 7.90. The van der Waals surface area contributed by atoms with Crippen molar-refractivity contribution in [3.63, 3.8) is 0 Å². The quantitative estimate of drug-likeness (QED) is 0.702. The normalized spacial score (nSPS) is 20.0. The lowest BCUT2D eigenvalue weighted by atomic mass is 9.93. The van der Waals surface area contributed by atoms with Crippen LogP contribution >= 0.6 is 0 Å². The highest BCUT2D eigenvalue weighted by Gasteiger charge is 2.38. The SMILES string of the molecule is CCOC(=O)C1=C(CN2CCN(C(C)=O)CC2)N(CC)C(=O)NC1c1cccc(C)c1. The summed E-state index contributed by atoms with van der Waals surface area (Å²) in [6.45, 7) is 11.0. The molecule has 0 aromatic heterocycles. The van der Waals surface area contributed by atoms with E-state index in [0.29, 0.717) is 50.5 Å². The molecule has 1 fully saturated rings. The van der Waals surface area contributed by atoms with Gasteiger partial charge in [-0.1, -0.05) is 29.8 Å². The van der Waals surface area contributed by atoms with E-state index in [-0.39, 0.29) is 18.5 Å². The van der Waals surface area contributed by atoms with Crippen LogP contribution in [0.4, 0.5) is 4.79 Å². The molecule has 2 heterocycles. The Morgan fingerprint density at radius 3 is 2.45 bits per heavy atom. The van der Waals surface area contributed by atoms with Crippen molar-refractivity contribution >= 4 is 17.9 Å². The van der Waals surface area contributed by atoms with E-state index in [1.165, 1.54) is 0 Å². The monoisotopic (exact) mass is 428 g/mol. The molecule has 3 rings (SSSR count). The maximum Gasteiger partial charge on any atom is 0.338 e. The van der Waals surface area contributed by atoms with Gasteiger partial charge in [0, 0.05) is 51.9 Å². The highest BCUT2D eigenvalue weighted by molar-refractivity contribution is 5.95. The Balaban J connectivity index is 2.00. The zero-order chi connectivity index (χ0) is 22.5. The first-order valence-corrected chi connectivity index (χ1v) is 10.9. The summed E-state index contributed by atoms with van der Waals surface area (Å²) in [6.07, 6.45) is 0. The molecule has 1 N–H and O–H groups in total. The lowest BCUT2D eigenvalue weighted by Gasteiger charge is -2.40. The van der Waals surface area contributed by atoms with Crippen LogP contribution in [-0.2, 0) is 14.3 Å². The molecule has 3 amide bonds. The van der Waals surface area contributed by atoms with E-state index in [2.05, 4.69) is 10.2 Å². The Labute approximate surface area is 183 Å². The highest BCUT2D eigenvalue weighted by atomic mass is 16.5. The Morgan fingerprint density at radius 1 is 1.16 bits per heavy atom. The molecule has 1 saturated heterocycles. The smallest absolute Gasteiger partial charge is 0.338 e. The third-order valence-electron chi connectivity index (χ3n) is 5.82. The second kappa shape index (κ2) is 9.96. The van der Waals surface area contributed by atoms with Gasteiger partial charge in [-0.3, -0.25) is 14.6 Å². The summed E-state index contributed by atoms with van der Waals surface area (Å²) in [7, 11) is 0. The van der Waals surface area contributed by atoms with Crippen LogP contribution in [0.25, 0.3) is 0 Å². The number of piperazine rings is 1. The Morgan fingerprint density at radius 2 is 1.87 bits per heavy atom. The van der Waals surface area contributed by atoms with Gasteiger partial charge in [0.05, 0.1) is 18.2 Å². The summed E-state index contributed by atoms with van der Waals surface area (Å²) in [5.74, 6) is -0.345. The van der Waals surface area contributed by atoms with Gasteiger partial charge in [0.25, 0.3) is 0 Å². The minimum absolute atomic E-state index is 0.0674. The summed E-state index contributed by atoms with van der Waals surface area (Å²) in [6, 6.07) is 7.02. The minimum Gasteiger partial charge on any atom is -0.463 e. The van der Waals surface area contributed by atoms with Crippen LogP contribution in [0, 0.1) is 6.92 Å². The molecule has 1 unspecified atom stereocenters. The lowest BCUT2D eigenvalue weighted by molar-refractivity contribution is -0.139. The second-order valence-electron chi connectivity index (χ2n) is 7.90. The van der Waals surface area contributed by atoms with Crippen molar-refractivity contribution in [3.05, 3.63) is 46.7 Å². The van der Waals surface area contributed by atoms with E-state index in [9.17, 15) is 14.4 Å². The fraction of sp³-hybridized carbons (Fsp3) is 0.522. The fourth-order valence-electron chi connectivity index (χ4n) is 4.19. The van der Waals surface area contributed by atoms with Crippen molar-refractivity contribution in [2.45, 2.75) is 33.7 Å². The van der Waals surface area contributed by atoms with Gasteiger partial charge >= 0.3 is 12.0 Å². The van der Waals surface area contributed by atoms with Gasteiger partial charge in [-0.25, -0.2) is 9.59 Å². The van der Waals surface area contributed by atoms with Gasteiger partial charge in [-0.15, -0.1) is 0 Å². The zero-order valence-electron chi connectivity index (χ0n) is 18.8. The van der Waals surface area contributed by atoms with Crippen LogP contribution in [-0.4, -0.2) is 78.5 Å². The first-order valence-electron chi connectivity index (χ1n) is 10.9. The van der Waals surface area contributed by atoms with Crippen LogP contribution < -0.4 is 5.32 Å². The van der Waals surface area contributed by atoms with Crippen LogP contribution in [0.2, 0.25) is 0 Å². The Hall–Kier alpha value is -2.87. The van der Waals surface area contributed by atoms with Gasteiger partial charge in [-0.05, 0) is 26.3 Å². The van der Waals surface area contributed by atoms with E-state index in [1.807, 2.05) is 43.0 Å². The maximum absolute atomic E-state index is 13.1. The van der Waals surface area contributed by atoms with E-state index in [1.54, 1.807) is 18.7 Å². The van der Waals surface area contributed by atoms with E-state index in [4.69, 9.17) is 4.74 Å². The Kier molecular flexibility index (Phi) is 7.33. The molecule has 0 spiro atoms. The number of amides is 3. The molecule has 2 aliphatic heterocycles. The molecule has 168 valence electrons. The first-order chi connectivity index (χ1) is 14.8. The number of urea groups is 1. The van der Waals surface area contributed by atoms with Crippen LogP contribution in [0.1, 0.15) is 37.9 Å². The predicted molar refractivity (Wildman–Crippen MR) is 117 cm³/mol. The topological polar surface area (TPSA) is 82.2 Å². The largest absolute Gasteiger partial charge is 0.463 e. The van der Waals surface area contributed by atoms with Gasteiger partial charge in [0.15, 0.2) is 0 Å². The molecule has 2 aliphatic rings. The van der Waals surface area contributed by atoms with Gasteiger partial charge in [0.2, 0.25) is 5.91 Å². The third-order valence-corrected chi connectivity index (χ3v) is 5.82. The summed E-state index contributed by atoms with van der Waals surface area (Å²) in [5.41, 5.74) is 3.05. The molecular formula is C23H32N4O4. The molecule has 0 saturated carbocycles. The number of nitrogens with one attached hydrogen (secondary N) is 1. The highest BCUT2D eigenvalue weighted by Crippen LogP contribution is 2.32. The van der Waals surface area contributed by atoms with Gasteiger partial charge in [-0.2, -0.15) is 0 Å². The molecule has 8 nitrogen and oxygen atoms in total. The summed E-state index contributed by atoms with van der Waals surface area (Å²) in [4.78, 5) is 43.3. The number of benzene rings is 1. The lowest BCUT2D eigenvalue weighted by Crippen LogP contribution is -2.53. The molecule has 1 aromatic rings. The van der Waals surface area contributed by atoms with Crippen molar-refractivity contribution in [2.24, 2.45) is 0 Å². The van der Waals surface area contributed by atoms with Crippen molar-refractivity contribution in [1.29, 1.82) is 0 Å². The van der Waals surface area contributed by atoms with Gasteiger partial charge in [0.1, 0.15) is 0 Å². The minimum atomic E-state index is -0.567. The molecule has 8 heteroatoms. The summed E-state index contributed by atoms with van der Waals surface area (Å²) < 4.78 is 5.41. The number of rotatable bonds is 6. The number of esters is 1. The standard InChI is InChI=1S/C23H32N4O4/c1-5-27-19(15-25-10-12-26(13-11-25)17(4)28)20(22(29)31-6-2)21(24-23(27)30)18-9-7-8-16(3)14-18/h7-9,14,21H,5-6,10-13,15H2,1-4H3,(H,24,30). The molecule has 1 atom stereocenters. The van der Waals surface area contributed by atoms with Crippen molar-refractivity contribution in [1.82, 2.24) is 20.0 Å². The van der Waals surface area contributed by atoms with Crippen molar-refractivity contribution in [3.8, 4) is 0 Å². The number of aryl methyl sites for hydroxylation is 1.